The van der Waals surface area contributed by atoms with Gasteiger partial charge in [-0.15, -0.1) is 0 Å². The minimum absolute atomic E-state index is 0.0151. The second-order valence-electron chi connectivity index (χ2n) is 9.41. The van der Waals surface area contributed by atoms with E-state index >= 15 is 0 Å². The first kappa shape index (κ1) is 25.6. The van der Waals surface area contributed by atoms with Crippen molar-refractivity contribution in [3.8, 4) is 6.07 Å². The zero-order valence-electron chi connectivity index (χ0n) is 20.3. The van der Waals surface area contributed by atoms with Crippen molar-refractivity contribution in [1.29, 1.82) is 5.26 Å². The fourth-order valence-corrected chi connectivity index (χ4v) is 8.48. The van der Waals surface area contributed by atoms with Crippen LogP contribution in [0.25, 0.3) is 0 Å². The van der Waals surface area contributed by atoms with E-state index in [4.69, 9.17) is 5.26 Å². The van der Waals surface area contributed by atoms with Crippen molar-refractivity contribution in [2.24, 2.45) is 11.8 Å². The fourth-order valence-electron chi connectivity index (χ4n) is 5.38. The van der Waals surface area contributed by atoms with E-state index in [-0.39, 0.29) is 16.2 Å². The molecule has 1 aliphatic heterocycles. The molecule has 35 heavy (non-hydrogen) atoms. The van der Waals surface area contributed by atoms with Crippen LogP contribution in [-0.2, 0) is 14.8 Å². The van der Waals surface area contributed by atoms with Gasteiger partial charge >= 0.3 is 0 Å². The molecule has 2 unspecified atom stereocenters. The van der Waals surface area contributed by atoms with Crippen molar-refractivity contribution in [3.63, 3.8) is 0 Å². The van der Waals surface area contributed by atoms with Gasteiger partial charge in [0.05, 0.1) is 17.3 Å². The summed E-state index contributed by atoms with van der Waals surface area (Å²) in [7, 11) is -2.00. The summed E-state index contributed by atoms with van der Waals surface area (Å²) in [6.45, 7) is 6.66. The standard InChI is InChI=1S/C24H32N6O3S2/c1-16-23(34-24(27-16)28-17(2)31)35(32,33)29(3)22-19-7-8-20(22)15-30(14-19)12-4-11-26-21-9-5-18(13-25)6-10-21/h5-6,9-10,19-20,22,26H,4,7-8,11-12,14-15H2,1-3H3,(H,27,28,31). The lowest BCUT2D eigenvalue weighted by Gasteiger charge is -2.41. The van der Waals surface area contributed by atoms with Crippen LogP contribution in [0.15, 0.2) is 28.5 Å². The summed E-state index contributed by atoms with van der Waals surface area (Å²) in [5.74, 6) is 0.347. The van der Waals surface area contributed by atoms with Crippen LogP contribution in [0.4, 0.5) is 10.8 Å². The average molecular weight is 517 g/mol. The highest BCUT2D eigenvalue weighted by atomic mass is 32.2. The highest BCUT2D eigenvalue weighted by Crippen LogP contribution is 2.42. The molecule has 1 aliphatic carbocycles. The Morgan fingerprint density at radius 1 is 1.26 bits per heavy atom. The maximum Gasteiger partial charge on any atom is 0.254 e. The summed E-state index contributed by atoms with van der Waals surface area (Å²) in [5.41, 5.74) is 2.08. The number of rotatable bonds is 9. The molecule has 2 aromatic rings. The lowest BCUT2D eigenvalue weighted by atomic mass is 9.92. The second-order valence-corrected chi connectivity index (χ2v) is 12.6. The quantitative estimate of drug-likeness (QED) is 0.492. The third kappa shape index (κ3) is 5.67. The van der Waals surface area contributed by atoms with Crippen LogP contribution >= 0.6 is 11.3 Å². The van der Waals surface area contributed by atoms with E-state index in [2.05, 4.69) is 26.6 Å². The molecule has 2 fully saturated rings. The molecule has 1 amide bonds. The molecule has 11 heteroatoms. The van der Waals surface area contributed by atoms with E-state index in [1.807, 2.05) is 24.3 Å². The summed E-state index contributed by atoms with van der Waals surface area (Å²) >= 11 is 1.02. The Kier molecular flexibility index (Phi) is 7.76. The predicted molar refractivity (Wildman–Crippen MR) is 137 cm³/mol. The van der Waals surface area contributed by atoms with E-state index in [0.29, 0.717) is 28.2 Å². The topological polar surface area (TPSA) is 118 Å². The Balaban J connectivity index is 1.33. The van der Waals surface area contributed by atoms with Gasteiger partial charge in [0, 0.05) is 45.3 Å². The SMILES string of the molecule is CC(=O)Nc1nc(C)c(S(=O)(=O)N(C)C2C3CCC2CN(CCCNc2ccc(C#N)cc2)C3)s1. The highest BCUT2D eigenvalue weighted by molar-refractivity contribution is 7.91. The Morgan fingerprint density at radius 3 is 2.51 bits per heavy atom. The summed E-state index contributed by atoms with van der Waals surface area (Å²) < 4.78 is 28.7. The van der Waals surface area contributed by atoms with Crippen molar-refractivity contribution in [2.45, 2.75) is 43.4 Å². The van der Waals surface area contributed by atoms with Crippen LogP contribution in [-0.4, -0.2) is 67.8 Å². The minimum atomic E-state index is -3.69. The molecule has 1 saturated carbocycles. The number of carbonyl (C=O) groups excluding carboxylic acids is 1. The number of piperidine rings is 1. The van der Waals surface area contributed by atoms with Crippen LogP contribution in [0, 0.1) is 30.1 Å². The van der Waals surface area contributed by atoms with E-state index in [9.17, 15) is 13.2 Å². The van der Waals surface area contributed by atoms with Crippen molar-refractivity contribution >= 4 is 38.1 Å². The largest absolute Gasteiger partial charge is 0.385 e. The number of thiazole rings is 1. The normalized spacial score (nSPS) is 22.2. The number of carbonyl (C=O) groups is 1. The average Bonchev–Trinajstić information content (AvgIpc) is 3.32. The third-order valence-corrected chi connectivity index (χ3v) is 10.4. The van der Waals surface area contributed by atoms with Gasteiger partial charge in [-0.1, -0.05) is 11.3 Å². The lowest BCUT2D eigenvalue weighted by Crippen LogP contribution is -2.53. The number of sulfonamides is 1. The van der Waals surface area contributed by atoms with E-state index in [0.717, 1.165) is 62.5 Å². The van der Waals surface area contributed by atoms with Crippen molar-refractivity contribution in [1.82, 2.24) is 14.2 Å². The zero-order valence-corrected chi connectivity index (χ0v) is 22.0. The minimum Gasteiger partial charge on any atom is -0.385 e. The van der Waals surface area contributed by atoms with Crippen LogP contribution < -0.4 is 10.6 Å². The summed E-state index contributed by atoms with van der Waals surface area (Å²) in [6.07, 6.45) is 3.06. The van der Waals surface area contributed by atoms with Gasteiger partial charge in [-0.3, -0.25) is 4.79 Å². The third-order valence-electron chi connectivity index (χ3n) is 6.92. The predicted octanol–water partition coefficient (Wildman–Crippen LogP) is 3.11. The summed E-state index contributed by atoms with van der Waals surface area (Å²) in [5, 5.41) is 15.2. The van der Waals surface area contributed by atoms with Gasteiger partial charge in [0.25, 0.3) is 10.0 Å². The number of fused-ring (bicyclic) bond motifs is 2. The molecular weight excluding hydrogens is 484 g/mol. The molecule has 2 aliphatic rings. The van der Waals surface area contributed by atoms with E-state index < -0.39 is 10.0 Å². The van der Waals surface area contributed by atoms with Gasteiger partial charge in [-0.2, -0.15) is 9.57 Å². The molecule has 188 valence electrons. The van der Waals surface area contributed by atoms with Crippen molar-refractivity contribution < 1.29 is 13.2 Å². The second kappa shape index (κ2) is 10.6. The summed E-state index contributed by atoms with van der Waals surface area (Å²) in [4.78, 5) is 18.1. The number of nitrogens with one attached hydrogen (secondary N) is 2. The smallest absolute Gasteiger partial charge is 0.254 e. The molecule has 1 aromatic carbocycles. The molecule has 2 N–H and O–H groups in total. The maximum atomic E-state index is 13.5. The first-order chi connectivity index (χ1) is 16.7. The number of benzene rings is 1. The molecule has 4 rings (SSSR count). The van der Waals surface area contributed by atoms with Crippen LogP contribution in [0.2, 0.25) is 0 Å². The molecule has 9 nitrogen and oxygen atoms in total. The number of nitriles is 1. The molecule has 0 radical (unpaired) electrons. The van der Waals surface area contributed by atoms with Crippen molar-refractivity contribution in [2.75, 3.05) is 43.9 Å². The molecule has 2 atom stereocenters. The van der Waals surface area contributed by atoms with Gasteiger partial charge < -0.3 is 15.5 Å². The maximum absolute atomic E-state index is 13.5. The molecular formula is C24H32N6O3S2. The van der Waals surface area contributed by atoms with Crippen molar-refractivity contribution in [3.05, 3.63) is 35.5 Å². The van der Waals surface area contributed by atoms with Gasteiger partial charge in [0.1, 0.15) is 0 Å². The first-order valence-corrected chi connectivity index (χ1v) is 14.1. The number of nitrogens with zero attached hydrogens (tertiary/aromatic N) is 4. The summed E-state index contributed by atoms with van der Waals surface area (Å²) in [6, 6.07) is 9.57. The number of hydrogen-bond acceptors (Lipinski definition) is 8. The molecule has 2 bridgehead atoms. The number of amides is 1. The van der Waals surface area contributed by atoms with Gasteiger partial charge in [0.2, 0.25) is 5.91 Å². The molecule has 0 spiro atoms. The van der Waals surface area contributed by atoms with Crippen LogP contribution in [0.3, 0.4) is 0 Å². The Hall–Kier alpha value is -2.52. The Morgan fingerprint density at radius 2 is 1.91 bits per heavy atom. The van der Waals surface area contributed by atoms with E-state index in [1.54, 1.807) is 18.3 Å². The number of aryl methyl sites for hydroxylation is 1. The Bertz CT molecular complexity index is 1190. The monoisotopic (exact) mass is 516 g/mol. The Labute approximate surface area is 211 Å². The number of likely N-dealkylation sites (tertiary alicyclic amines) is 1. The van der Waals surface area contributed by atoms with E-state index in [1.165, 1.54) is 6.92 Å². The molecule has 2 heterocycles. The lowest BCUT2D eigenvalue weighted by molar-refractivity contribution is -0.114. The van der Waals surface area contributed by atoms with Gasteiger partial charge in [0.15, 0.2) is 9.34 Å². The van der Waals surface area contributed by atoms with Crippen LogP contribution in [0.1, 0.15) is 37.4 Å². The van der Waals surface area contributed by atoms with Gasteiger partial charge in [-0.25, -0.2) is 13.4 Å². The number of aromatic nitrogens is 1. The highest BCUT2D eigenvalue weighted by Gasteiger charge is 2.47. The number of anilines is 2. The first-order valence-electron chi connectivity index (χ1n) is 11.9. The zero-order chi connectivity index (χ0) is 25.2. The molecule has 1 aromatic heterocycles. The fraction of sp³-hybridized carbons (Fsp3) is 0.542. The van der Waals surface area contributed by atoms with Gasteiger partial charge in [-0.05, 0) is 68.8 Å². The molecule has 1 saturated heterocycles. The van der Waals surface area contributed by atoms with Crippen LogP contribution in [0.5, 0.6) is 0 Å². The number of hydrogen-bond donors (Lipinski definition) is 2.